The van der Waals surface area contributed by atoms with Crippen molar-refractivity contribution in [2.24, 2.45) is 5.92 Å². The van der Waals surface area contributed by atoms with Gasteiger partial charge in [0, 0.05) is 13.1 Å². The molecule has 3 rings (SSSR count). The van der Waals surface area contributed by atoms with Crippen LogP contribution in [0.3, 0.4) is 0 Å². The second kappa shape index (κ2) is 9.52. The number of methoxy groups -OCH3 is 1. The molecule has 1 heterocycles. The minimum Gasteiger partial charge on any atom is -0.508 e. The van der Waals surface area contributed by atoms with Crippen LogP contribution in [0.1, 0.15) is 30.0 Å². The van der Waals surface area contributed by atoms with Gasteiger partial charge < -0.3 is 15.2 Å². The molecule has 1 saturated heterocycles. The van der Waals surface area contributed by atoms with Gasteiger partial charge in [-0.2, -0.15) is 0 Å². The van der Waals surface area contributed by atoms with E-state index in [4.69, 9.17) is 4.74 Å². The summed E-state index contributed by atoms with van der Waals surface area (Å²) in [6.45, 7) is 1.93. The molecule has 1 aliphatic heterocycles. The molecule has 1 fully saturated rings. The monoisotopic (exact) mass is 400 g/mol. The van der Waals surface area contributed by atoms with E-state index in [2.05, 4.69) is 10.2 Å². The van der Waals surface area contributed by atoms with Crippen LogP contribution in [0.2, 0.25) is 0 Å². The fourth-order valence-electron chi connectivity index (χ4n) is 3.63. The summed E-state index contributed by atoms with van der Waals surface area (Å²) in [6, 6.07) is 11.6. The summed E-state index contributed by atoms with van der Waals surface area (Å²) in [5, 5.41) is 12.2. The van der Waals surface area contributed by atoms with Crippen LogP contribution >= 0.6 is 0 Å². The summed E-state index contributed by atoms with van der Waals surface area (Å²) in [5.74, 6) is -1.27. The summed E-state index contributed by atoms with van der Waals surface area (Å²) in [5.41, 5.74) is 1.40. The molecule has 0 bridgehead atoms. The fraction of sp³-hybridized carbons (Fsp3) is 0.364. The number of halogens is 1. The standard InChI is InChI=1S/C22H25FN2O4/c1-29-22(28)20(16-7-9-19(26)10-8-16)24-21(27)17-5-3-11-25(14-17)13-15-4-2-6-18(23)12-15/h2,4,6-10,12,17,20,26H,3,5,11,13-14H2,1H3,(H,24,27). The largest absolute Gasteiger partial charge is 0.508 e. The van der Waals surface area contributed by atoms with Gasteiger partial charge in [0.2, 0.25) is 5.91 Å². The molecule has 2 unspecified atom stereocenters. The van der Waals surface area contributed by atoms with Crippen LogP contribution in [0.15, 0.2) is 48.5 Å². The van der Waals surface area contributed by atoms with Crippen molar-refractivity contribution in [1.29, 1.82) is 0 Å². The first-order valence-corrected chi connectivity index (χ1v) is 9.60. The quantitative estimate of drug-likeness (QED) is 0.729. The van der Waals surface area contributed by atoms with E-state index in [-0.39, 0.29) is 23.4 Å². The average molecular weight is 400 g/mol. The number of aromatic hydroxyl groups is 1. The Morgan fingerprint density at radius 2 is 2.03 bits per heavy atom. The number of benzene rings is 2. The number of carbonyl (C=O) groups excluding carboxylic acids is 2. The van der Waals surface area contributed by atoms with Crippen LogP contribution in [-0.2, 0) is 20.9 Å². The van der Waals surface area contributed by atoms with Gasteiger partial charge in [-0.3, -0.25) is 9.69 Å². The summed E-state index contributed by atoms with van der Waals surface area (Å²) >= 11 is 0. The predicted molar refractivity (Wildman–Crippen MR) is 105 cm³/mol. The fourth-order valence-corrected chi connectivity index (χ4v) is 3.63. The first-order valence-electron chi connectivity index (χ1n) is 9.60. The van der Waals surface area contributed by atoms with Crippen molar-refractivity contribution in [3.8, 4) is 5.75 Å². The Kier molecular flexibility index (Phi) is 6.82. The highest BCUT2D eigenvalue weighted by molar-refractivity contribution is 5.86. The Morgan fingerprint density at radius 1 is 1.28 bits per heavy atom. The zero-order valence-corrected chi connectivity index (χ0v) is 16.3. The number of carbonyl (C=O) groups is 2. The van der Waals surface area contributed by atoms with Crippen LogP contribution in [0.4, 0.5) is 4.39 Å². The summed E-state index contributed by atoms with van der Waals surface area (Å²) in [7, 11) is 1.27. The Balaban J connectivity index is 1.66. The van der Waals surface area contributed by atoms with E-state index in [1.165, 1.54) is 31.4 Å². The van der Waals surface area contributed by atoms with E-state index >= 15 is 0 Å². The molecule has 0 aromatic heterocycles. The summed E-state index contributed by atoms with van der Waals surface area (Å²) < 4.78 is 18.3. The van der Waals surface area contributed by atoms with Gasteiger partial charge in [0.15, 0.2) is 6.04 Å². The van der Waals surface area contributed by atoms with Crippen molar-refractivity contribution in [2.75, 3.05) is 20.2 Å². The molecule has 1 aliphatic rings. The van der Waals surface area contributed by atoms with Crippen molar-refractivity contribution in [3.05, 3.63) is 65.5 Å². The third-order valence-corrected chi connectivity index (χ3v) is 5.12. The summed E-state index contributed by atoms with van der Waals surface area (Å²) in [4.78, 5) is 27.2. The molecule has 0 radical (unpaired) electrons. The Hall–Kier alpha value is -2.93. The summed E-state index contributed by atoms with van der Waals surface area (Å²) in [6.07, 6.45) is 1.56. The minimum atomic E-state index is -0.938. The topological polar surface area (TPSA) is 78.9 Å². The number of piperidine rings is 1. The van der Waals surface area contributed by atoms with Crippen LogP contribution in [-0.4, -0.2) is 42.1 Å². The minimum absolute atomic E-state index is 0.0731. The SMILES string of the molecule is COC(=O)C(NC(=O)C1CCCN(Cc2cccc(F)c2)C1)c1ccc(O)cc1. The predicted octanol–water partition coefficient (Wildman–Crippen LogP) is 2.77. The molecule has 0 saturated carbocycles. The number of esters is 1. The van der Waals surface area contributed by atoms with E-state index in [1.807, 2.05) is 6.07 Å². The molecule has 154 valence electrons. The number of hydrogen-bond acceptors (Lipinski definition) is 5. The number of phenolic OH excluding ortho intramolecular Hbond substituents is 1. The average Bonchev–Trinajstić information content (AvgIpc) is 2.72. The normalized spacial score (nSPS) is 18.1. The number of likely N-dealkylation sites (tertiary alicyclic amines) is 1. The second-order valence-corrected chi connectivity index (χ2v) is 7.26. The lowest BCUT2D eigenvalue weighted by atomic mass is 9.95. The lowest BCUT2D eigenvalue weighted by molar-refractivity contribution is -0.146. The van der Waals surface area contributed by atoms with Crippen molar-refractivity contribution in [1.82, 2.24) is 10.2 Å². The van der Waals surface area contributed by atoms with Gasteiger partial charge in [0.1, 0.15) is 11.6 Å². The Labute approximate surface area is 169 Å². The van der Waals surface area contributed by atoms with Crippen molar-refractivity contribution in [3.63, 3.8) is 0 Å². The second-order valence-electron chi connectivity index (χ2n) is 7.26. The number of nitrogens with one attached hydrogen (secondary N) is 1. The highest BCUT2D eigenvalue weighted by atomic mass is 19.1. The number of hydrogen-bond donors (Lipinski definition) is 2. The smallest absolute Gasteiger partial charge is 0.333 e. The number of nitrogens with zero attached hydrogens (tertiary/aromatic N) is 1. The molecule has 2 aromatic carbocycles. The van der Waals surface area contributed by atoms with Crippen LogP contribution in [0.25, 0.3) is 0 Å². The Bertz CT molecular complexity index is 856. The third kappa shape index (κ3) is 5.54. The number of rotatable bonds is 6. The van der Waals surface area contributed by atoms with E-state index < -0.39 is 12.0 Å². The van der Waals surface area contributed by atoms with Gasteiger partial charge in [-0.25, -0.2) is 9.18 Å². The zero-order valence-electron chi connectivity index (χ0n) is 16.3. The van der Waals surface area contributed by atoms with Crippen LogP contribution in [0, 0.1) is 11.7 Å². The van der Waals surface area contributed by atoms with Gasteiger partial charge in [-0.1, -0.05) is 24.3 Å². The maximum Gasteiger partial charge on any atom is 0.333 e. The van der Waals surface area contributed by atoms with Crippen LogP contribution < -0.4 is 5.32 Å². The molecule has 2 atom stereocenters. The number of ether oxygens (including phenoxy) is 1. The maximum atomic E-state index is 13.4. The lowest BCUT2D eigenvalue weighted by Gasteiger charge is -2.32. The van der Waals surface area contributed by atoms with Gasteiger partial charge in [-0.15, -0.1) is 0 Å². The Morgan fingerprint density at radius 3 is 2.72 bits per heavy atom. The first kappa shape index (κ1) is 20.8. The molecule has 2 N–H and O–H groups in total. The van der Waals surface area contributed by atoms with Gasteiger partial charge in [0.05, 0.1) is 13.0 Å². The molecule has 29 heavy (non-hydrogen) atoms. The van der Waals surface area contributed by atoms with Crippen LogP contribution in [0.5, 0.6) is 5.75 Å². The van der Waals surface area contributed by atoms with E-state index in [0.717, 1.165) is 24.9 Å². The lowest BCUT2D eigenvalue weighted by Crippen LogP contribution is -2.45. The van der Waals surface area contributed by atoms with E-state index in [9.17, 15) is 19.1 Å². The van der Waals surface area contributed by atoms with Crippen molar-refractivity contribution >= 4 is 11.9 Å². The highest BCUT2D eigenvalue weighted by Crippen LogP contribution is 2.22. The molecule has 0 spiro atoms. The molecule has 7 heteroatoms. The molecule has 2 aromatic rings. The van der Waals surface area contributed by atoms with Gasteiger partial charge in [-0.05, 0) is 54.8 Å². The van der Waals surface area contributed by atoms with E-state index in [0.29, 0.717) is 18.7 Å². The number of amides is 1. The maximum absolute atomic E-state index is 13.4. The first-order chi connectivity index (χ1) is 14.0. The molecular formula is C22H25FN2O4. The molecule has 0 aliphatic carbocycles. The molecule has 6 nitrogen and oxygen atoms in total. The number of phenols is 1. The van der Waals surface area contributed by atoms with Gasteiger partial charge >= 0.3 is 5.97 Å². The zero-order chi connectivity index (χ0) is 20.8. The molecular weight excluding hydrogens is 375 g/mol. The molecule has 1 amide bonds. The van der Waals surface area contributed by atoms with E-state index in [1.54, 1.807) is 18.2 Å². The third-order valence-electron chi connectivity index (χ3n) is 5.12. The van der Waals surface area contributed by atoms with Crippen molar-refractivity contribution < 1.29 is 23.8 Å². The van der Waals surface area contributed by atoms with Gasteiger partial charge in [0.25, 0.3) is 0 Å². The highest BCUT2D eigenvalue weighted by Gasteiger charge is 2.30. The van der Waals surface area contributed by atoms with Crippen molar-refractivity contribution in [2.45, 2.75) is 25.4 Å².